The molecule has 0 atom stereocenters. The summed E-state index contributed by atoms with van der Waals surface area (Å²) < 4.78 is 52.6. The molecule has 1 aliphatic heterocycles. The number of carbonyl (C=O) groups is 3. The molecule has 1 aliphatic rings. The Morgan fingerprint density at radius 1 is 0.963 bits per heavy atom. The van der Waals surface area contributed by atoms with Crippen LogP contribution in [-0.4, -0.2) is 43.6 Å². The molecule has 140 valence electrons. The van der Waals surface area contributed by atoms with Gasteiger partial charge in [-0.25, -0.2) is 18.1 Å². The fraction of sp³-hybridized carbons (Fsp3) is 0.118. The van der Waals surface area contributed by atoms with Crippen LogP contribution in [0.1, 0.15) is 31.1 Å². The van der Waals surface area contributed by atoms with E-state index in [0.717, 1.165) is 29.2 Å². The molecule has 10 heteroatoms. The van der Waals surface area contributed by atoms with E-state index in [1.165, 1.54) is 12.1 Å². The van der Waals surface area contributed by atoms with Gasteiger partial charge in [-0.05, 0) is 36.4 Å². The lowest BCUT2D eigenvalue weighted by Gasteiger charge is -2.14. The lowest BCUT2D eigenvalue weighted by atomic mass is 10.1. The molecule has 0 saturated heterocycles. The van der Waals surface area contributed by atoms with E-state index in [-0.39, 0.29) is 16.7 Å². The second-order valence-electron chi connectivity index (χ2n) is 5.47. The molecule has 0 bridgehead atoms. The highest BCUT2D eigenvalue weighted by atomic mass is 32.2. The normalized spacial score (nSPS) is 13.8. The molecule has 0 aromatic heterocycles. The number of alkyl halides is 2. The maximum Gasteiger partial charge on any atom is 0.341 e. The van der Waals surface area contributed by atoms with Gasteiger partial charge in [0.15, 0.2) is 6.73 Å². The Balaban J connectivity index is 1.69. The Labute approximate surface area is 152 Å². The van der Waals surface area contributed by atoms with Crippen molar-refractivity contribution >= 4 is 27.6 Å². The smallest absolute Gasteiger partial charge is 0.341 e. The van der Waals surface area contributed by atoms with E-state index in [1.807, 2.05) is 0 Å². The van der Waals surface area contributed by atoms with E-state index >= 15 is 0 Å². The fourth-order valence-corrected chi connectivity index (χ4v) is 3.17. The standard InChI is InChI=1S/C17H11F2NO6S/c18-17(19)27(24,25)11-7-5-10(6-8-11)16(23)26-9-20-14(21)12-3-1-2-4-13(12)15(20)22/h1-8,17H,9H2. The van der Waals surface area contributed by atoms with Gasteiger partial charge < -0.3 is 4.74 Å². The van der Waals surface area contributed by atoms with E-state index in [1.54, 1.807) is 12.1 Å². The number of fused-ring (bicyclic) bond motifs is 1. The number of esters is 1. The summed E-state index contributed by atoms with van der Waals surface area (Å²) in [6.45, 7) is -0.637. The summed E-state index contributed by atoms with van der Waals surface area (Å²) in [4.78, 5) is 36.4. The van der Waals surface area contributed by atoms with Gasteiger partial charge in [0.05, 0.1) is 21.6 Å². The van der Waals surface area contributed by atoms with Crippen LogP contribution in [0, 0.1) is 0 Å². The topological polar surface area (TPSA) is 97.8 Å². The third kappa shape index (κ3) is 3.31. The molecule has 7 nitrogen and oxygen atoms in total. The summed E-state index contributed by atoms with van der Waals surface area (Å²) >= 11 is 0. The molecular weight excluding hydrogens is 384 g/mol. The van der Waals surface area contributed by atoms with Gasteiger partial charge in [-0.3, -0.25) is 9.59 Å². The summed E-state index contributed by atoms with van der Waals surface area (Å²) in [5.74, 6) is -5.75. The quantitative estimate of drug-likeness (QED) is 0.568. The molecule has 0 saturated carbocycles. The van der Waals surface area contributed by atoms with E-state index in [4.69, 9.17) is 4.74 Å². The minimum Gasteiger partial charge on any atom is -0.440 e. The lowest BCUT2D eigenvalue weighted by molar-refractivity contribution is 0.0228. The predicted octanol–water partition coefficient (Wildman–Crippen LogP) is 2.09. The van der Waals surface area contributed by atoms with E-state index < -0.39 is 45.0 Å². The van der Waals surface area contributed by atoms with Gasteiger partial charge in [-0.1, -0.05) is 12.1 Å². The van der Waals surface area contributed by atoms with Gasteiger partial charge in [0.25, 0.3) is 11.8 Å². The number of rotatable bonds is 5. The molecule has 3 rings (SSSR count). The molecule has 0 fully saturated rings. The monoisotopic (exact) mass is 395 g/mol. The van der Waals surface area contributed by atoms with Gasteiger partial charge in [0.2, 0.25) is 9.84 Å². The van der Waals surface area contributed by atoms with Crippen molar-refractivity contribution in [1.82, 2.24) is 4.90 Å². The van der Waals surface area contributed by atoms with Gasteiger partial charge >= 0.3 is 11.7 Å². The molecule has 27 heavy (non-hydrogen) atoms. The van der Waals surface area contributed by atoms with Gasteiger partial charge in [0.1, 0.15) is 0 Å². The second-order valence-corrected chi connectivity index (χ2v) is 7.39. The highest BCUT2D eigenvalue weighted by Gasteiger charge is 2.35. The number of benzene rings is 2. The van der Waals surface area contributed by atoms with Crippen molar-refractivity contribution in [1.29, 1.82) is 0 Å². The average molecular weight is 395 g/mol. The van der Waals surface area contributed by atoms with Crippen molar-refractivity contribution in [3.8, 4) is 0 Å². The molecule has 0 unspecified atom stereocenters. The number of nitrogens with zero attached hydrogens (tertiary/aromatic N) is 1. The van der Waals surface area contributed by atoms with Crippen molar-refractivity contribution < 1.29 is 36.3 Å². The summed E-state index contributed by atoms with van der Waals surface area (Å²) in [6, 6.07) is 9.82. The average Bonchev–Trinajstić information content (AvgIpc) is 2.90. The van der Waals surface area contributed by atoms with Crippen molar-refractivity contribution in [3.63, 3.8) is 0 Å². The molecular formula is C17H11F2NO6S. The maximum atomic E-state index is 12.5. The minimum atomic E-state index is -4.77. The zero-order chi connectivity index (χ0) is 19.8. The number of hydrogen-bond acceptors (Lipinski definition) is 6. The number of sulfone groups is 1. The van der Waals surface area contributed by atoms with Crippen LogP contribution in [0.5, 0.6) is 0 Å². The molecule has 2 aromatic carbocycles. The fourth-order valence-electron chi connectivity index (χ4n) is 2.45. The second kappa shape index (κ2) is 6.88. The third-order valence-corrected chi connectivity index (χ3v) is 5.25. The van der Waals surface area contributed by atoms with Crippen LogP contribution >= 0.6 is 0 Å². The Morgan fingerprint density at radius 2 is 1.48 bits per heavy atom. The van der Waals surface area contributed by atoms with Crippen LogP contribution in [0.4, 0.5) is 8.78 Å². The Kier molecular flexibility index (Phi) is 4.75. The predicted molar refractivity (Wildman–Crippen MR) is 86.9 cm³/mol. The summed E-state index contributed by atoms with van der Waals surface area (Å²) in [6.07, 6.45) is 0. The Bertz CT molecular complexity index is 999. The van der Waals surface area contributed by atoms with Gasteiger partial charge in [0, 0.05) is 0 Å². The van der Waals surface area contributed by atoms with Crippen molar-refractivity contribution in [2.24, 2.45) is 0 Å². The maximum absolute atomic E-state index is 12.5. The molecule has 0 N–H and O–H groups in total. The van der Waals surface area contributed by atoms with Crippen LogP contribution in [-0.2, 0) is 14.6 Å². The molecule has 0 radical (unpaired) electrons. The highest BCUT2D eigenvalue weighted by Crippen LogP contribution is 2.23. The first-order valence-electron chi connectivity index (χ1n) is 7.48. The highest BCUT2D eigenvalue weighted by molar-refractivity contribution is 7.91. The van der Waals surface area contributed by atoms with E-state index in [9.17, 15) is 31.6 Å². The number of carbonyl (C=O) groups excluding carboxylic acids is 3. The summed E-state index contributed by atoms with van der Waals surface area (Å²) in [5, 5.41) is 0. The number of halogens is 2. The Hall–Kier alpha value is -3.14. The molecule has 1 heterocycles. The molecule has 2 aromatic rings. The zero-order valence-electron chi connectivity index (χ0n) is 13.5. The van der Waals surface area contributed by atoms with Crippen LogP contribution < -0.4 is 0 Å². The largest absolute Gasteiger partial charge is 0.440 e. The SMILES string of the molecule is O=C(OCN1C(=O)c2ccccc2C1=O)c1ccc(S(=O)(=O)C(F)F)cc1. The Morgan fingerprint density at radius 3 is 1.96 bits per heavy atom. The first kappa shape index (κ1) is 18.6. The van der Waals surface area contributed by atoms with Crippen LogP contribution in [0.3, 0.4) is 0 Å². The van der Waals surface area contributed by atoms with E-state index in [0.29, 0.717) is 0 Å². The van der Waals surface area contributed by atoms with Crippen molar-refractivity contribution in [2.45, 2.75) is 10.7 Å². The van der Waals surface area contributed by atoms with Gasteiger partial charge in [-0.2, -0.15) is 8.78 Å². The van der Waals surface area contributed by atoms with Crippen LogP contribution in [0.15, 0.2) is 53.4 Å². The number of imide groups is 1. The summed E-state index contributed by atoms with van der Waals surface area (Å²) in [7, 11) is -4.77. The van der Waals surface area contributed by atoms with Crippen molar-refractivity contribution in [3.05, 3.63) is 65.2 Å². The zero-order valence-corrected chi connectivity index (χ0v) is 14.3. The first-order valence-corrected chi connectivity index (χ1v) is 9.02. The number of ether oxygens (including phenoxy) is 1. The number of amides is 2. The molecule has 0 aliphatic carbocycles. The van der Waals surface area contributed by atoms with Crippen molar-refractivity contribution in [2.75, 3.05) is 6.73 Å². The third-order valence-electron chi connectivity index (χ3n) is 3.86. The van der Waals surface area contributed by atoms with E-state index in [2.05, 4.69) is 0 Å². The first-order chi connectivity index (χ1) is 12.7. The van der Waals surface area contributed by atoms with Gasteiger partial charge in [-0.15, -0.1) is 0 Å². The lowest BCUT2D eigenvalue weighted by Crippen LogP contribution is -2.33. The summed E-state index contributed by atoms with van der Waals surface area (Å²) in [5.41, 5.74) is 0.264. The minimum absolute atomic E-state index is 0.125. The van der Waals surface area contributed by atoms with Crippen LogP contribution in [0.2, 0.25) is 0 Å². The molecule has 2 amide bonds. The number of hydrogen-bond donors (Lipinski definition) is 0. The van der Waals surface area contributed by atoms with Crippen LogP contribution in [0.25, 0.3) is 0 Å². The molecule has 0 spiro atoms.